The van der Waals surface area contributed by atoms with E-state index in [0.29, 0.717) is 17.2 Å². The van der Waals surface area contributed by atoms with E-state index in [1.165, 1.54) is 0 Å². The molecule has 0 spiro atoms. The van der Waals surface area contributed by atoms with E-state index < -0.39 is 5.60 Å². The predicted molar refractivity (Wildman–Crippen MR) is 78.6 cm³/mol. The van der Waals surface area contributed by atoms with Gasteiger partial charge in [0.2, 0.25) is 6.79 Å². The zero-order valence-electron chi connectivity index (χ0n) is 11.5. The van der Waals surface area contributed by atoms with Gasteiger partial charge in [-0.05, 0) is 30.3 Å². The van der Waals surface area contributed by atoms with E-state index in [2.05, 4.69) is 6.58 Å². The Bertz CT molecular complexity index is 638. The fourth-order valence-electron chi connectivity index (χ4n) is 2.27. The number of para-hydroxylation sites is 1. The first-order valence-corrected chi connectivity index (χ1v) is 6.66. The molecule has 2 aromatic rings. The maximum absolute atomic E-state index is 9.87. The Hall–Kier alpha value is -2.46. The lowest BCUT2D eigenvalue weighted by molar-refractivity contribution is 0.0477. The first-order valence-electron chi connectivity index (χ1n) is 6.66. The van der Waals surface area contributed by atoms with Gasteiger partial charge in [-0.25, -0.2) is 0 Å². The standard InChI is InChI=1S/C17H16O4/c1-2-17(11-18,21-14-6-4-3-5-7-14)13-8-9-15-16(10-13)20-12-19-15/h2-10,18H,1,11-12H2/t17-/m1/s1. The Balaban J connectivity index is 1.98. The summed E-state index contributed by atoms with van der Waals surface area (Å²) in [6, 6.07) is 14.8. The third kappa shape index (κ3) is 2.45. The van der Waals surface area contributed by atoms with E-state index in [4.69, 9.17) is 14.2 Å². The van der Waals surface area contributed by atoms with Crippen LogP contribution in [-0.2, 0) is 5.60 Å². The summed E-state index contributed by atoms with van der Waals surface area (Å²) < 4.78 is 16.7. The molecule has 1 aliphatic rings. The van der Waals surface area contributed by atoms with Crippen LogP contribution in [0.4, 0.5) is 0 Å². The van der Waals surface area contributed by atoms with Gasteiger partial charge in [-0.2, -0.15) is 0 Å². The molecule has 3 rings (SSSR count). The van der Waals surface area contributed by atoms with Crippen LogP contribution < -0.4 is 14.2 Å². The second kappa shape index (κ2) is 5.50. The molecule has 0 aromatic heterocycles. The molecule has 1 N–H and O–H groups in total. The van der Waals surface area contributed by atoms with Crippen LogP contribution in [0.5, 0.6) is 17.2 Å². The van der Waals surface area contributed by atoms with Crippen molar-refractivity contribution in [2.24, 2.45) is 0 Å². The number of fused-ring (bicyclic) bond motifs is 1. The molecule has 108 valence electrons. The molecule has 4 heteroatoms. The summed E-state index contributed by atoms with van der Waals surface area (Å²) in [7, 11) is 0. The van der Waals surface area contributed by atoms with Crippen molar-refractivity contribution in [1.82, 2.24) is 0 Å². The van der Waals surface area contributed by atoms with Crippen molar-refractivity contribution in [3.05, 3.63) is 66.7 Å². The first-order chi connectivity index (χ1) is 10.3. The van der Waals surface area contributed by atoms with E-state index >= 15 is 0 Å². The van der Waals surface area contributed by atoms with Crippen molar-refractivity contribution in [2.75, 3.05) is 13.4 Å². The largest absolute Gasteiger partial charge is 0.476 e. The van der Waals surface area contributed by atoms with E-state index in [-0.39, 0.29) is 13.4 Å². The highest BCUT2D eigenvalue weighted by atomic mass is 16.7. The van der Waals surface area contributed by atoms with Gasteiger partial charge in [0.05, 0.1) is 6.61 Å². The van der Waals surface area contributed by atoms with Crippen molar-refractivity contribution >= 4 is 0 Å². The molecule has 0 bridgehead atoms. The lowest BCUT2D eigenvalue weighted by Crippen LogP contribution is -2.34. The lowest BCUT2D eigenvalue weighted by Gasteiger charge is -2.30. The Labute approximate surface area is 123 Å². The molecular weight excluding hydrogens is 268 g/mol. The normalized spacial score (nSPS) is 15.3. The monoisotopic (exact) mass is 284 g/mol. The number of benzene rings is 2. The van der Waals surface area contributed by atoms with Crippen molar-refractivity contribution in [2.45, 2.75) is 5.60 Å². The summed E-state index contributed by atoms with van der Waals surface area (Å²) in [6.07, 6.45) is 1.59. The number of aliphatic hydroxyl groups excluding tert-OH is 1. The molecule has 0 saturated carbocycles. The molecule has 2 aromatic carbocycles. The molecule has 1 aliphatic heterocycles. The third-order valence-electron chi connectivity index (χ3n) is 3.47. The topological polar surface area (TPSA) is 47.9 Å². The number of aliphatic hydroxyl groups is 1. The second-order valence-corrected chi connectivity index (χ2v) is 4.73. The van der Waals surface area contributed by atoms with E-state index in [0.717, 1.165) is 5.56 Å². The average Bonchev–Trinajstić information content (AvgIpc) is 3.01. The van der Waals surface area contributed by atoms with Gasteiger partial charge in [-0.1, -0.05) is 30.8 Å². The minimum absolute atomic E-state index is 0.207. The van der Waals surface area contributed by atoms with Crippen molar-refractivity contribution < 1.29 is 19.3 Å². The molecule has 21 heavy (non-hydrogen) atoms. The molecular formula is C17H16O4. The van der Waals surface area contributed by atoms with Crippen LogP contribution in [0.2, 0.25) is 0 Å². The molecule has 1 heterocycles. The molecule has 0 radical (unpaired) electrons. The second-order valence-electron chi connectivity index (χ2n) is 4.73. The van der Waals surface area contributed by atoms with Crippen LogP contribution in [0.1, 0.15) is 5.56 Å². The summed E-state index contributed by atoms with van der Waals surface area (Å²) in [6.45, 7) is 3.79. The average molecular weight is 284 g/mol. The number of rotatable bonds is 5. The summed E-state index contributed by atoms with van der Waals surface area (Å²) in [5.74, 6) is 1.99. The van der Waals surface area contributed by atoms with Gasteiger partial charge >= 0.3 is 0 Å². The van der Waals surface area contributed by atoms with Crippen LogP contribution in [0.25, 0.3) is 0 Å². The molecule has 0 saturated heterocycles. The lowest BCUT2D eigenvalue weighted by atomic mass is 9.94. The fraction of sp³-hybridized carbons (Fsp3) is 0.176. The quantitative estimate of drug-likeness (QED) is 0.858. The Morgan fingerprint density at radius 2 is 1.90 bits per heavy atom. The van der Waals surface area contributed by atoms with Gasteiger partial charge in [0.1, 0.15) is 5.75 Å². The highest BCUT2D eigenvalue weighted by molar-refractivity contribution is 5.47. The van der Waals surface area contributed by atoms with Crippen molar-refractivity contribution in [1.29, 1.82) is 0 Å². The predicted octanol–water partition coefficient (Wildman–Crippen LogP) is 2.87. The number of hydrogen-bond donors (Lipinski definition) is 1. The van der Waals surface area contributed by atoms with Crippen LogP contribution in [0, 0.1) is 0 Å². The maximum atomic E-state index is 9.87. The number of hydrogen-bond acceptors (Lipinski definition) is 4. The van der Waals surface area contributed by atoms with Gasteiger partial charge in [-0.15, -0.1) is 0 Å². The van der Waals surface area contributed by atoms with Gasteiger partial charge < -0.3 is 19.3 Å². The Kier molecular flexibility index (Phi) is 3.54. The zero-order chi connectivity index (χ0) is 14.7. The van der Waals surface area contributed by atoms with Crippen LogP contribution >= 0.6 is 0 Å². The summed E-state index contributed by atoms with van der Waals surface area (Å²) in [4.78, 5) is 0. The van der Waals surface area contributed by atoms with Crippen LogP contribution in [0.15, 0.2) is 61.2 Å². The van der Waals surface area contributed by atoms with E-state index in [9.17, 15) is 5.11 Å². The molecule has 0 unspecified atom stereocenters. The van der Waals surface area contributed by atoms with Gasteiger partial charge in [0.15, 0.2) is 17.1 Å². The Morgan fingerprint density at radius 1 is 1.14 bits per heavy atom. The minimum Gasteiger partial charge on any atom is -0.476 e. The van der Waals surface area contributed by atoms with E-state index in [1.54, 1.807) is 12.1 Å². The van der Waals surface area contributed by atoms with Crippen molar-refractivity contribution in [3.63, 3.8) is 0 Å². The molecule has 1 atom stereocenters. The SMILES string of the molecule is C=C[C@](CO)(Oc1ccccc1)c1ccc2c(c1)OCO2. The maximum Gasteiger partial charge on any atom is 0.231 e. The number of ether oxygens (including phenoxy) is 3. The molecule has 0 aliphatic carbocycles. The molecule has 4 nitrogen and oxygen atoms in total. The zero-order valence-corrected chi connectivity index (χ0v) is 11.5. The van der Waals surface area contributed by atoms with Crippen LogP contribution in [-0.4, -0.2) is 18.5 Å². The summed E-state index contributed by atoms with van der Waals surface area (Å²) in [5, 5.41) is 9.87. The Morgan fingerprint density at radius 3 is 2.62 bits per heavy atom. The summed E-state index contributed by atoms with van der Waals surface area (Å²) in [5.41, 5.74) is -0.268. The molecule has 0 amide bonds. The highest BCUT2D eigenvalue weighted by Crippen LogP contribution is 2.37. The summed E-state index contributed by atoms with van der Waals surface area (Å²) >= 11 is 0. The van der Waals surface area contributed by atoms with Crippen LogP contribution in [0.3, 0.4) is 0 Å². The van der Waals surface area contributed by atoms with Gasteiger partial charge in [0.25, 0.3) is 0 Å². The highest BCUT2D eigenvalue weighted by Gasteiger charge is 2.32. The molecule has 0 fully saturated rings. The minimum atomic E-state index is -1.03. The first kappa shape index (κ1) is 13.5. The van der Waals surface area contributed by atoms with Gasteiger partial charge in [0, 0.05) is 5.56 Å². The smallest absolute Gasteiger partial charge is 0.231 e. The van der Waals surface area contributed by atoms with Gasteiger partial charge in [-0.3, -0.25) is 0 Å². The van der Waals surface area contributed by atoms with E-state index in [1.807, 2.05) is 42.5 Å². The third-order valence-corrected chi connectivity index (χ3v) is 3.47. The fourth-order valence-corrected chi connectivity index (χ4v) is 2.27. The van der Waals surface area contributed by atoms with Crippen molar-refractivity contribution in [3.8, 4) is 17.2 Å².